The maximum absolute atomic E-state index is 10.1. The summed E-state index contributed by atoms with van der Waals surface area (Å²) in [6.07, 6.45) is 15.2. The summed E-state index contributed by atoms with van der Waals surface area (Å²) in [5.74, 6) is 2.33. The molecule has 0 aromatic heterocycles. The minimum absolute atomic E-state index is 0.117. The van der Waals surface area contributed by atoms with Crippen molar-refractivity contribution in [3.63, 3.8) is 0 Å². The van der Waals surface area contributed by atoms with Crippen molar-refractivity contribution in [1.29, 1.82) is 0 Å². The van der Waals surface area contributed by atoms with E-state index in [-0.39, 0.29) is 11.5 Å². The normalized spacial score (nSPS) is 49.6. The van der Waals surface area contributed by atoms with Gasteiger partial charge in [0.15, 0.2) is 0 Å². The highest BCUT2D eigenvalue weighted by Gasteiger charge is 2.56. The van der Waals surface area contributed by atoms with Gasteiger partial charge in [-0.05, 0) is 86.0 Å². The summed E-state index contributed by atoms with van der Waals surface area (Å²) in [5, 5.41) is 22.0. The SMILES string of the molecule is CC12CCC(O)CC1=CCC1C2CCC2(C)/C(=C\C=N/O)CCC12. The lowest BCUT2D eigenvalue weighted by Crippen LogP contribution is -2.49. The van der Waals surface area contributed by atoms with Crippen LogP contribution in [0, 0.1) is 28.6 Å². The second kappa shape index (κ2) is 5.72. The Hall–Kier alpha value is -1.09. The van der Waals surface area contributed by atoms with Gasteiger partial charge < -0.3 is 10.3 Å². The maximum atomic E-state index is 10.1. The Bertz CT molecular complexity index is 607. The lowest BCUT2D eigenvalue weighted by molar-refractivity contribution is -0.0267. The number of fused-ring (bicyclic) bond motifs is 5. The standard InChI is InChI=1S/C21H31NO2/c1-20-11-8-19-17(18(20)6-4-14(20)9-12-22-24)5-3-15-13-16(23)7-10-21(15,19)2/h3,9,12,16-19,23-24H,4-8,10-11,13H2,1-2H3/b14-9-,22-12-. The van der Waals surface area contributed by atoms with Crippen molar-refractivity contribution in [2.75, 3.05) is 0 Å². The number of hydrogen-bond acceptors (Lipinski definition) is 3. The summed E-state index contributed by atoms with van der Waals surface area (Å²) >= 11 is 0. The summed E-state index contributed by atoms with van der Waals surface area (Å²) < 4.78 is 0. The Morgan fingerprint density at radius 1 is 1.12 bits per heavy atom. The number of hydrogen-bond donors (Lipinski definition) is 2. The number of nitrogens with zero attached hydrogens (tertiary/aromatic N) is 1. The first-order valence-electron chi connectivity index (χ1n) is 9.73. The Morgan fingerprint density at radius 3 is 2.67 bits per heavy atom. The van der Waals surface area contributed by atoms with Crippen molar-refractivity contribution >= 4 is 6.21 Å². The summed E-state index contributed by atoms with van der Waals surface area (Å²) in [7, 11) is 0. The van der Waals surface area contributed by atoms with Crippen molar-refractivity contribution in [3.05, 3.63) is 23.3 Å². The van der Waals surface area contributed by atoms with E-state index in [1.165, 1.54) is 31.3 Å². The maximum Gasteiger partial charge on any atom is 0.0661 e. The van der Waals surface area contributed by atoms with Gasteiger partial charge in [-0.3, -0.25) is 0 Å². The molecule has 3 fully saturated rings. The molecule has 0 bridgehead atoms. The summed E-state index contributed by atoms with van der Waals surface area (Å²) in [5.41, 5.74) is 3.65. The minimum atomic E-state index is -0.117. The van der Waals surface area contributed by atoms with Crippen LogP contribution in [0.25, 0.3) is 0 Å². The predicted molar refractivity (Wildman–Crippen MR) is 96.1 cm³/mol. The largest absolute Gasteiger partial charge is 0.411 e. The molecule has 2 N–H and O–H groups in total. The molecule has 0 heterocycles. The molecule has 3 saturated carbocycles. The van der Waals surface area contributed by atoms with E-state index in [0.29, 0.717) is 5.41 Å². The van der Waals surface area contributed by atoms with Crippen molar-refractivity contribution < 1.29 is 10.3 Å². The van der Waals surface area contributed by atoms with E-state index in [1.54, 1.807) is 11.8 Å². The fourth-order valence-corrected chi connectivity index (χ4v) is 6.89. The molecule has 4 aliphatic rings. The van der Waals surface area contributed by atoms with Crippen LogP contribution in [-0.2, 0) is 0 Å². The highest BCUT2D eigenvalue weighted by atomic mass is 16.4. The van der Waals surface area contributed by atoms with E-state index in [0.717, 1.165) is 43.4 Å². The van der Waals surface area contributed by atoms with Crippen LogP contribution in [0.5, 0.6) is 0 Å². The van der Waals surface area contributed by atoms with Crippen molar-refractivity contribution in [2.24, 2.45) is 33.7 Å². The second-order valence-electron chi connectivity index (χ2n) is 9.11. The van der Waals surface area contributed by atoms with Crippen molar-refractivity contribution in [1.82, 2.24) is 0 Å². The smallest absolute Gasteiger partial charge is 0.0661 e. The third kappa shape index (κ3) is 2.23. The van der Waals surface area contributed by atoms with Crippen LogP contribution < -0.4 is 0 Å². The van der Waals surface area contributed by atoms with Gasteiger partial charge in [-0.15, -0.1) is 0 Å². The fourth-order valence-electron chi connectivity index (χ4n) is 6.89. The molecule has 4 aliphatic carbocycles. The zero-order chi connectivity index (χ0) is 16.9. The van der Waals surface area contributed by atoms with Gasteiger partial charge in [-0.1, -0.05) is 36.2 Å². The molecule has 6 atom stereocenters. The summed E-state index contributed by atoms with van der Waals surface area (Å²) in [4.78, 5) is 0. The van der Waals surface area contributed by atoms with Gasteiger partial charge in [0.1, 0.15) is 0 Å². The van der Waals surface area contributed by atoms with E-state index in [9.17, 15) is 5.11 Å². The first-order valence-corrected chi connectivity index (χ1v) is 9.73. The molecule has 0 saturated heterocycles. The average molecular weight is 329 g/mol. The quantitative estimate of drug-likeness (QED) is 0.317. The number of rotatable bonds is 1. The molecule has 0 aromatic carbocycles. The van der Waals surface area contributed by atoms with Crippen LogP contribution in [0.3, 0.4) is 0 Å². The van der Waals surface area contributed by atoms with E-state index >= 15 is 0 Å². The summed E-state index contributed by atoms with van der Waals surface area (Å²) in [6, 6.07) is 0. The average Bonchev–Trinajstić information content (AvgIpc) is 2.90. The van der Waals surface area contributed by atoms with Crippen LogP contribution in [0.2, 0.25) is 0 Å². The lowest BCUT2D eigenvalue weighted by atomic mass is 9.48. The molecule has 0 amide bonds. The van der Waals surface area contributed by atoms with E-state index in [1.807, 2.05) is 0 Å². The second-order valence-corrected chi connectivity index (χ2v) is 9.11. The summed E-state index contributed by atoms with van der Waals surface area (Å²) in [6.45, 7) is 4.93. The molecule has 0 spiro atoms. The van der Waals surface area contributed by atoms with Gasteiger partial charge in [0.25, 0.3) is 0 Å². The number of aliphatic hydroxyl groups excluding tert-OH is 1. The van der Waals surface area contributed by atoms with Gasteiger partial charge >= 0.3 is 0 Å². The Balaban J connectivity index is 1.65. The molecular formula is C21H31NO2. The molecule has 0 aliphatic heterocycles. The molecular weight excluding hydrogens is 298 g/mol. The topological polar surface area (TPSA) is 52.8 Å². The van der Waals surface area contributed by atoms with E-state index in [2.05, 4.69) is 31.2 Å². The highest BCUT2D eigenvalue weighted by Crippen LogP contribution is 2.66. The van der Waals surface area contributed by atoms with Crippen LogP contribution >= 0.6 is 0 Å². The van der Waals surface area contributed by atoms with Gasteiger partial charge in [-0.2, -0.15) is 0 Å². The third-order valence-corrected chi connectivity index (χ3v) is 8.27. The fraction of sp³-hybridized carbons (Fsp3) is 0.762. The van der Waals surface area contributed by atoms with Crippen LogP contribution in [0.1, 0.15) is 65.2 Å². The zero-order valence-corrected chi connectivity index (χ0v) is 15.0. The first-order chi connectivity index (χ1) is 11.5. The number of aliphatic hydroxyl groups is 1. The number of oxime groups is 1. The molecule has 4 rings (SSSR count). The Labute approximate surface area is 145 Å². The Kier molecular flexibility index (Phi) is 3.91. The van der Waals surface area contributed by atoms with Gasteiger partial charge in [0.05, 0.1) is 12.3 Å². The van der Waals surface area contributed by atoms with Crippen molar-refractivity contribution in [3.8, 4) is 0 Å². The van der Waals surface area contributed by atoms with Gasteiger partial charge in [0, 0.05) is 0 Å². The molecule has 24 heavy (non-hydrogen) atoms. The first kappa shape index (κ1) is 16.4. The van der Waals surface area contributed by atoms with Gasteiger partial charge in [0.2, 0.25) is 0 Å². The predicted octanol–water partition coefficient (Wildman–Crippen LogP) is 4.70. The van der Waals surface area contributed by atoms with Crippen LogP contribution in [-0.4, -0.2) is 22.6 Å². The molecule has 0 aromatic rings. The third-order valence-electron chi connectivity index (χ3n) is 8.27. The van der Waals surface area contributed by atoms with E-state index < -0.39 is 0 Å². The molecule has 132 valence electrons. The molecule has 3 heteroatoms. The zero-order valence-electron chi connectivity index (χ0n) is 15.0. The highest BCUT2D eigenvalue weighted by molar-refractivity contribution is 5.72. The van der Waals surface area contributed by atoms with Crippen LogP contribution in [0.4, 0.5) is 0 Å². The van der Waals surface area contributed by atoms with E-state index in [4.69, 9.17) is 5.21 Å². The number of allylic oxidation sites excluding steroid dienone is 3. The van der Waals surface area contributed by atoms with Crippen molar-refractivity contribution in [2.45, 2.75) is 71.3 Å². The minimum Gasteiger partial charge on any atom is -0.411 e. The van der Waals surface area contributed by atoms with Gasteiger partial charge in [-0.25, -0.2) is 0 Å². The Morgan fingerprint density at radius 2 is 1.88 bits per heavy atom. The lowest BCUT2D eigenvalue weighted by Gasteiger charge is -2.57. The molecule has 3 nitrogen and oxygen atoms in total. The molecule has 6 unspecified atom stereocenters. The molecule has 0 radical (unpaired) electrons. The van der Waals surface area contributed by atoms with Crippen LogP contribution in [0.15, 0.2) is 28.5 Å². The monoisotopic (exact) mass is 329 g/mol.